The minimum absolute atomic E-state index is 0.0136. The number of benzene rings is 2. The molecule has 1 atom stereocenters. The maximum Gasteiger partial charge on any atom is 0.319 e. The van der Waals surface area contributed by atoms with Gasteiger partial charge in [0, 0.05) is 23.8 Å². The molecule has 142 valence electrons. The van der Waals surface area contributed by atoms with Crippen LogP contribution in [0.5, 0.6) is 0 Å². The Balaban J connectivity index is 1.46. The number of carbonyl (C=O) groups is 2. The first-order valence-electron chi connectivity index (χ1n) is 8.83. The van der Waals surface area contributed by atoms with Crippen molar-refractivity contribution in [1.29, 1.82) is 0 Å². The maximum atomic E-state index is 12.2. The Morgan fingerprint density at radius 2 is 1.74 bits per heavy atom. The lowest BCUT2D eigenvalue weighted by molar-refractivity contribution is -0.139. The van der Waals surface area contributed by atoms with E-state index in [0.29, 0.717) is 30.2 Å². The highest BCUT2D eigenvalue weighted by atomic mass is 35.5. The van der Waals surface area contributed by atoms with E-state index < -0.39 is 0 Å². The summed E-state index contributed by atoms with van der Waals surface area (Å²) in [6, 6.07) is 14.1. The molecular formula is C20H22ClN3O3. The zero-order valence-electron chi connectivity index (χ0n) is 14.8. The number of rotatable bonds is 6. The van der Waals surface area contributed by atoms with Crippen molar-refractivity contribution in [3.05, 3.63) is 64.7 Å². The molecule has 0 saturated carbocycles. The summed E-state index contributed by atoms with van der Waals surface area (Å²) in [6.07, 6.45) is 1.15. The number of amides is 3. The van der Waals surface area contributed by atoms with E-state index in [-0.39, 0.29) is 24.6 Å². The number of anilines is 1. The standard InChI is InChI=1S/C20H22ClN3O3/c21-16-5-1-15(2-6-16)12-22-20(27)23-17-7-3-14(4-8-17)11-19(26)24-10-9-18(24)13-25/h1-8,18,25H,9-13H2,(H2,22,23,27)/t18-/m1/s1. The van der Waals surface area contributed by atoms with Gasteiger partial charge in [0.05, 0.1) is 19.1 Å². The van der Waals surface area contributed by atoms with E-state index >= 15 is 0 Å². The number of carbonyl (C=O) groups excluding carboxylic acids is 2. The SMILES string of the molecule is O=C(NCc1ccc(Cl)cc1)Nc1ccc(CC(=O)N2CC[C@@H]2CO)cc1. The lowest BCUT2D eigenvalue weighted by Crippen LogP contribution is -2.53. The summed E-state index contributed by atoms with van der Waals surface area (Å²) in [5.41, 5.74) is 2.48. The van der Waals surface area contributed by atoms with Gasteiger partial charge in [-0.05, 0) is 41.8 Å². The Bertz CT molecular complexity index is 791. The number of aliphatic hydroxyl groups excluding tert-OH is 1. The number of halogens is 1. The van der Waals surface area contributed by atoms with Gasteiger partial charge in [0.2, 0.25) is 5.91 Å². The van der Waals surface area contributed by atoms with Gasteiger partial charge in [-0.15, -0.1) is 0 Å². The predicted octanol–water partition coefficient (Wildman–Crippen LogP) is 2.80. The van der Waals surface area contributed by atoms with Gasteiger partial charge in [-0.1, -0.05) is 35.9 Å². The number of aliphatic hydroxyl groups is 1. The highest BCUT2D eigenvalue weighted by molar-refractivity contribution is 6.30. The van der Waals surface area contributed by atoms with E-state index in [4.69, 9.17) is 11.6 Å². The fourth-order valence-electron chi connectivity index (χ4n) is 2.90. The monoisotopic (exact) mass is 387 g/mol. The van der Waals surface area contributed by atoms with E-state index in [1.54, 1.807) is 29.2 Å². The second-order valence-corrected chi connectivity index (χ2v) is 6.96. The molecule has 0 aromatic heterocycles. The molecule has 3 rings (SSSR count). The van der Waals surface area contributed by atoms with E-state index in [9.17, 15) is 14.7 Å². The smallest absolute Gasteiger partial charge is 0.319 e. The lowest BCUT2D eigenvalue weighted by atomic mass is 10.0. The molecule has 1 aliphatic rings. The van der Waals surface area contributed by atoms with Gasteiger partial charge in [-0.25, -0.2) is 4.79 Å². The number of hydrogen-bond acceptors (Lipinski definition) is 3. The van der Waals surface area contributed by atoms with Crippen LogP contribution in [0, 0.1) is 0 Å². The number of nitrogens with zero attached hydrogens (tertiary/aromatic N) is 1. The lowest BCUT2D eigenvalue weighted by Gasteiger charge is -2.40. The van der Waals surface area contributed by atoms with Gasteiger partial charge < -0.3 is 20.6 Å². The first-order valence-corrected chi connectivity index (χ1v) is 9.21. The molecule has 0 spiro atoms. The Morgan fingerprint density at radius 3 is 2.33 bits per heavy atom. The van der Waals surface area contributed by atoms with Gasteiger partial charge in [-0.3, -0.25) is 4.79 Å². The number of nitrogens with one attached hydrogen (secondary N) is 2. The van der Waals surface area contributed by atoms with Crippen molar-refractivity contribution in [2.75, 3.05) is 18.5 Å². The van der Waals surface area contributed by atoms with Crippen molar-refractivity contribution in [2.24, 2.45) is 0 Å². The van der Waals surface area contributed by atoms with Gasteiger partial charge >= 0.3 is 6.03 Å². The Labute approximate surface area is 163 Å². The third-order valence-electron chi connectivity index (χ3n) is 4.61. The number of urea groups is 1. The first kappa shape index (κ1) is 19.2. The van der Waals surface area contributed by atoms with Crippen molar-refractivity contribution >= 4 is 29.2 Å². The van der Waals surface area contributed by atoms with Crippen molar-refractivity contribution < 1.29 is 14.7 Å². The third-order valence-corrected chi connectivity index (χ3v) is 4.86. The minimum atomic E-state index is -0.305. The molecule has 1 aliphatic heterocycles. The second kappa shape index (κ2) is 8.88. The molecule has 2 aromatic carbocycles. The molecule has 3 N–H and O–H groups in total. The molecule has 27 heavy (non-hydrogen) atoms. The van der Waals surface area contributed by atoms with E-state index in [1.165, 1.54) is 0 Å². The first-order chi connectivity index (χ1) is 13.0. The molecule has 7 heteroatoms. The average Bonchev–Trinajstić information content (AvgIpc) is 2.62. The maximum absolute atomic E-state index is 12.2. The molecule has 1 heterocycles. The van der Waals surface area contributed by atoms with Gasteiger partial charge in [0.15, 0.2) is 0 Å². The quantitative estimate of drug-likeness (QED) is 0.712. The predicted molar refractivity (Wildman–Crippen MR) is 105 cm³/mol. The zero-order chi connectivity index (χ0) is 19.2. The minimum Gasteiger partial charge on any atom is -0.394 e. The third kappa shape index (κ3) is 5.21. The van der Waals surface area contributed by atoms with Crippen LogP contribution in [0.15, 0.2) is 48.5 Å². The van der Waals surface area contributed by atoms with Crippen LogP contribution in [-0.4, -0.2) is 41.1 Å². The number of hydrogen-bond donors (Lipinski definition) is 3. The zero-order valence-corrected chi connectivity index (χ0v) is 15.6. The Kier molecular flexibility index (Phi) is 6.32. The summed E-state index contributed by atoms with van der Waals surface area (Å²) in [7, 11) is 0. The van der Waals surface area contributed by atoms with Gasteiger partial charge in [-0.2, -0.15) is 0 Å². The fraction of sp³-hybridized carbons (Fsp3) is 0.300. The molecule has 2 aromatic rings. The molecule has 6 nitrogen and oxygen atoms in total. The fourth-order valence-corrected chi connectivity index (χ4v) is 3.03. The normalized spacial score (nSPS) is 15.8. The molecule has 1 saturated heterocycles. The van der Waals surface area contributed by atoms with Crippen LogP contribution < -0.4 is 10.6 Å². The molecular weight excluding hydrogens is 366 g/mol. The molecule has 1 fully saturated rings. The van der Waals surface area contributed by atoms with Crippen molar-refractivity contribution in [1.82, 2.24) is 10.2 Å². The summed E-state index contributed by atoms with van der Waals surface area (Å²) in [6.45, 7) is 1.12. The van der Waals surface area contributed by atoms with E-state index in [2.05, 4.69) is 10.6 Å². The Hall–Kier alpha value is -2.57. The summed E-state index contributed by atoms with van der Waals surface area (Å²) in [5, 5.41) is 15.4. The van der Waals surface area contributed by atoms with Crippen LogP contribution in [0.4, 0.5) is 10.5 Å². The number of likely N-dealkylation sites (tertiary alicyclic amines) is 1. The topological polar surface area (TPSA) is 81.7 Å². The van der Waals surface area contributed by atoms with Crippen molar-refractivity contribution in [3.8, 4) is 0 Å². The molecule has 0 bridgehead atoms. The highest BCUT2D eigenvalue weighted by Crippen LogP contribution is 2.19. The van der Waals surface area contributed by atoms with E-state index in [0.717, 1.165) is 17.5 Å². The average molecular weight is 388 g/mol. The van der Waals surface area contributed by atoms with Crippen LogP contribution in [0.1, 0.15) is 17.5 Å². The van der Waals surface area contributed by atoms with Crippen LogP contribution in [-0.2, 0) is 17.8 Å². The van der Waals surface area contributed by atoms with Crippen LogP contribution >= 0.6 is 11.6 Å². The van der Waals surface area contributed by atoms with Crippen molar-refractivity contribution in [3.63, 3.8) is 0 Å². The summed E-state index contributed by atoms with van der Waals surface area (Å²) in [5.74, 6) is 0.0155. The van der Waals surface area contributed by atoms with Gasteiger partial charge in [0.1, 0.15) is 0 Å². The highest BCUT2D eigenvalue weighted by Gasteiger charge is 2.30. The summed E-state index contributed by atoms with van der Waals surface area (Å²) < 4.78 is 0. The summed E-state index contributed by atoms with van der Waals surface area (Å²) in [4.78, 5) is 25.9. The van der Waals surface area contributed by atoms with Crippen molar-refractivity contribution in [2.45, 2.75) is 25.4 Å². The molecule has 3 amide bonds. The molecule has 0 aliphatic carbocycles. The van der Waals surface area contributed by atoms with E-state index in [1.807, 2.05) is 24.3 Å². The second-order valence-electron chi connectivity index (χ2n) is 6.52. The largest absolute Gasteiger partial charge is 0.394 e. The van der Waals surface area contributed by atoms with Crippen LogP contribution in [0.2, 0.25) is 5.02 Å². The van der Waals surface area contributed by atoms with Gasteiger partial charge in [0.25, 0.3) is 0 Å². The molecule has 0 radical (unpaired) electrons. The Morgan fingerprint density at radius 1 is 1.07 bits per heavy atom. The summed E-state index contributed by atoms with van der Waals surface area (Å²) >= 11 is 5.83. The molecule has 0 unspecified atom stereocenters. The van der Waals surface area contributed by atoms with Crippen LogP contribution in [0.3, 0.4) is 0 Å². The van der Waals surface area contributed by atoms with Crippen LogP contribution in [0.25, 0.3) is 0 Å².